The molecule has 90 valence electrons. The molecule has 0 aliphatic heterocycles. The van der Waals surface area contributed by atoms with Crippen molar-refractivity contribution < 1.29 is 8.42 Å². The molecule has 0 amide bonds. The van der Waals surface area contributed by atoms with Crippen molar-refractivity contribution in [2.45, 2.75) is 24.2 Å². The molecular formula is C12H19NO2S. The lowest BCUT2D eigenvalue weighted by Gasteiger charge is -2.25. The molecule has 3 nitrogen and oxygen atoms in total. The fourth-order valence-corrected chi connectivity index (χ4v) is 2.36. The van der Waals surface area contributed by atoms with Crippen molar-refractivity contribution in [3.05, 3.63) is 29.8 Å². The number of hydrogen-bond acceptors (Lipinski definition) is 3. The number of rotatable bonds is 4. The number of sulfone groups is 1. The van der Waals surface area contributed by atoms with E-state index in [0.29, 0.717) is 4.90 Å². The summed E-state index contributed by atoms with van der Waals surface area (Å²) in [7, 11) is -1.23. The molecule has 1 rings (SSSR count). The molecule has 0 saturated carbocycles. The topological polar surface area (TPSA) is 46.2 Å². The lowest BCUT2D eigenvalue weighted by Crippen LogP contribution is -2.30. The van der Waals surface area contributed by atoms with Gasteiger partial charge in [-0.15, -0.1) is 0 Å². The molecule has 0 aliphatic carbocycles. The van der Waals surface area contributed by atoms with Gasteiger partial charge in [0.25, 0.3) is 0 Å². The highest BCUT2D eigenvalue weighted by Gasteiger charge is 2.20. The molecule has 0 aromatic heterocycles. The van der Waals surface area contributed by atoms with Gasteiger partial charge >= 0.3 is 0 Å². The zero-order valence-electron chi connectivity index (χ0n) is 10.2. The molecule has 4 heteroatoms. The van der Waals surface area contributed by atoms with Crippen LogP contribution in [0.3, 0.4) is 0 Å². The van der Waals surface area contributed by atoms with Gasteiger partial charge in [0.2, 0.25) is 0 Å². The zero-order chi connectivity index (χ0) is 12.4. The van der Waals surface area contributed by atoms with Crippen molar-refractivity contribution >= 4 is 9.84 Å². The van der Waals surface area contributed by atoms with Gasteiger partial charge in [-0.3, -0.25) is 0 Å². The SMILES string of the molecule is CNCC(C)(C)c1cccc(S(C)(=O)=O)c1. The van der Waals surface area contributed by atoms with Crippen LogP contribution < -0.4 is 5.32 Å². The summed E-state index contributed by atoms with van der Waals surface area (Å²) < 4.78 is 22.9. The third-order valence-electron chi connectivity index (χ3n) is 2.66. The summed E-state index contributed by atoms with van der Waals surface area (Å²) in [5.41, 5.74) is 0.958. The van der Waals surface area contributed by atoms with E-state index < -0.39 is 9.84 Å². The average Bonchev–Trinajstić information content (AvgIpc) is 2.16. The van der Waals surface area contributed by atoms with Crippen molar-refractivity contribution in [2.75, 3.05) is 19.8 Å². The summed E-state index contributed by atoms with van der Waals surface area (Å²) in [6.45, 7) is 4.98. The molecular weight excluding hydrogens is 222 g/mol. The monoisotopic (exact) mass is 241 g/mol. The number of hydrogen-bond donors (Lipinski definition) is 1. The molecule has 0 radical (unpaired) electrons. The van der Waals surface area contributed by atoms with Crippen LogP contribution in [0.2, 0.25) is 0 Å². The summed E-state index contributed by atoms with van der Waals surface area (Å²) in [4.78, 5) is 0.383. The van der Waals surface area contributed by atoms with Gasteiger partial charge in [0.1, 0.15) is 0 Å². The Hall–Kier alpha value is -0.870. The van der Waals surface area contributed by atoms with Gasteiger partial charge in [-0.05, 0) is 24.7 Å². The van der Waals surface area contributed by atoms with Crippen molar-refractivity contribution in [1.82, 2.24) is 5.32 Å². The van der Waals surface area contributed by atoms with Crippen LogP contribution in [-0.4, -0.2) is 28.3 Å². The van der Waals surface area contributed by atoms with Crippen molar-refractivity contribution in [2.24, 2.45) is 0 Å². The Labute approximate surface area is 97.8 Å². The number of likely N-dealkylation sites (N-methyl/N-ethyl adjacent to an activating group) is 1. The van der Waals surface area contributed by atoms with Gasteiger partial charge in [0.05, 0.1) is 4.90 Å². The van der Waals surface area contributed by atoms with Crippen LogP contribution in [0.5, 0.6) is 0 Å². The lowest BCUT2D eigenvalue weighted by molar-refractivity contribution is 0.493. The first-order valence-corrected chi connectivity index (χ1v) is 7.12. The second-order valence-corrected chi connectivity index (χ2v) is 6.73. The number of benzene rings is 1. The molecule has 0 aliphatic rings. The van der Waals surface area contributed by atoms with Crippen LogP contribution in [0.25, 0.3) is 0 Å². The Bertz CT molecular complexity index is 464. The summed E-state index contributed by atoms with van der Waals surface area (Å²) in [5, 5.41) is 3.12. The Morgan fingerprint density at radius 2 is 1.94 bits per heavy atom. The second kappa shape index (κ2) is 4.55. The fourth-order valence-electron chi connectivity index (χ4n) is 1.69. The zero-order valence-corrected chi connectivity index (χ0v) is 11.1. The van der Waals surface area contributed by atoms with E-state index in [1.165, 1.54) is 6.26 Å². The van der Waals surface area contributed by atoms with Crippen LogP contribution >= 0.6 is 0 Å². The first-order valence-electron chi connectivity index (χ1n) is 5.22. The van der Waals surface area contributed by atoms with Crippen molar-refractivity contribution in [3.63, 3.8) is 0 Å². The smallest absolute Gasteiger partial charge is 0.175 e. The Morgan fingerprint density at radius 3 is 2.44 bits per heavy atom. The molecule has 0 saturated heterocycles. The summed E-state index contributed by atoms with van der Waals surface area (Å²) in [5.74, 6) is 0. The van der Waals surface area contributed by atoms with Crippen LogP contribution in [0.1, 0.15) is 19.4 Å². The normalized spacial score (nSPS) is 12.8. The minimum absolute atomic E-state index is 0.0740. The largest absolute Gasteiger partial charge is 0.319 e. The molecule has 1 N–H and O–H groups in total. The van der Waals surface area contributed by atoms with Gasteiger partial charge in [0, 0.05) is 18.2 Å². The maximum absolute atomic E-state index is 11.5. The average molecular weight is 241 g/mol. The molecule has 0 spiro atoms. The first-order chi connectivity index (χ1) is 7.27. The molecule has 0 unspecified atom stereocenters. The highest BCUT2D eigenvalue weighted by atomic mass is 32.2. The van der Waals surface area contributed by atoms with E-state index in [9.17, 15) is 8.42 Å². The Balaban J connectivity index is 3.18. The summed E-state index contributed by atoms with van der Waals surface area (Å²) in [6.07, 6.45) is 1.23. The molecule has 0 fully saturated rings. The van der Waals surface area contributed by atoms with E-state index in [-0.39, 0.29) is 5.41 Å². The van der Waals surface area contributed by atoms with E-state index >= 15 is 0 Å². The van der Waals surface area contributed by atoms with Gasteiger partial charge in [-0.2, -0.15) is 0 Å². The predicted octanol–water partition coefficient (Wildman–Crippen LogP) is 1.59. The minimum Gasteiger partial charge on any atom is -0.319 e. The van der Waals surface area contributed by atoms with E-state index in [1.807, 2.05) is 13.1 Å². The molecule has 0 bridgehead atoms. The first kappa shape index (κ1) is 13.2. The highest BCUT2D eigenvalue weighted by molar-refractivity contribution is 7.90. The van der Waals surface area contributed by atoms with Crippen molar-refractivity contribution in [1.29, 1.82) is 0 Å². The quantitative estimate of drug-likeness (QED) is 0.870. The Kier molecular flexibility index (Phi) is 3.76. The molecule has 16 heavy (non-hydrogen) atoms. The lowest BCUT2D eigenvalue weighted by atomic mass is 9.85. The number of nitrogens with one attached hydrogen (secondary N) is 1. The van der Waals surface area contributed by atoms with Gasteiger partial charge in [-0.25, -0.2) is 8.42 Å². The molecule has 0 heterocycles. The van der Waals surface area contributed by atoms with Crippen molar-refractivity contribution in [3.8, 4) is 0 Å². The standard InChI is InChI=1S/C12H19NO2S/c1-12(2,9-13-3)10-6-5-7-11(8-10)16(4,14)15/h5-8,13H,9H2,1-4H3. The summed E-state index contributed by atoms with van der Waals surface area (Å²) in [6, 6.07) is 7.15. The molecule has 0 atom stereocenters. The van der Waals surface area contributed by atoms with E-state index in [2.05, 4.69) is 19.2 Å². The van der Waals surface area contributed by atoms with Crippen LogP contribution in [0.4, 0.5) is 0 Å². The minimum atomic E-state index is -3.12. The third kappa shape index (κ3) is 3.06. The maximum Gasteiger partial charge on any atom is 0.175 e. The Morgan fingerprint density at radius 1 is 1.31 bits per heavy atom. The van der Waals surface area contributed by atoms with E-state index in [0.717, 1.165) is 12.1 Å². The highest BCUT2D eigenvalue weighted by Crippen LogP contribution is 2.24. The fraction of sp³-hybridized carbons (Fsp3) is 0.500. The molecule has 1 aromatic carbocycles. The third-order valence-corrected chi connectivity index (χ3v) is 3.77. The maximum atomic E-state index is 11.5. The van der Waals surface area contributed by atoms with Crippen LogP contribution in [-0.2, 0) is 15.3 Å². The van der Waals surface area contributed by atoms with E-state index in [1.54, 1.807) is 18.2 Å². The molecule has 1 aromatic rings. The van der Waals surface area contributed by atoms with Gasteiger partial charge < -0.3 is 5.32 Å². The van der Waals surface area contributed by atoms with Gasteiger partial charge in [0.15, 0.2) is 9.84 Å². The van der Waals surface area contributed by atoms with Crippen LogP contribution in [0.15, 0.2) is 29.2 Å². The van der Waals surface area contributed by atoms with Gasteiger partial charge in [-0.1, -0.05) is 26.0 Å². The van der Waals surface area contributed by atoms with E-state index in [4.69, 9.17) is 0 Å². The van der Waals surface area contributed by atoms with Crippen LogP contribution in [0, 0.1) is 0 Å². The second-order valence-electron chi connectivity index (χ2n) is 4.71. The predicted molar refractivity (Wildman–Crippen MR) is 66.5 cm³/mol. The summed E-state index contributed by atoms with van der Waals surface area (Å²) >= 11 is 0.